The minimum absolute atomic E-state index is 0.299. The Morgan fingerprint density at radius 2 is 1.92 bits per heavy atom. The molecule has 0 atom stereocenters. The third-order valence-electron chi connectivity index (χ3n) is 2.28. The molecule has 13 heavy (non-hydrogen) atoms. The van der Waals surface area contributed by atoms with Crippen molar-refractivity contribution in [3.63, 3.8) is 0 Å². The Morgan fingerprint density at radius 1 is 1.23 bits per heavy atom. The monoisotopic (exact) mass is 175 g/mol. The Morgan fingerprint density at radius 3 is 2.54 bits per heavy atom. The van der Waals surface area contributed by atoms with Gasteiger partial charge in [0.25, 0.3) is 0 Å². The van der Waals surface area contributed by atoms with E-state index in [4.69, 9.17) is 10.1 Å². The molecule has 1 fully saturated rings. The average molecular weight is 175 g/mol. The number of benzene rings is 1. The lowest BCUT2D eigenvalue weighted by Crippen LogP contribution is -2.30. The summed E-state index contributed by atoms with van der Waals surface area (Å²) in [5.74, 6) is 0. The molecule has 2 heteroatoms. The van der Waals surface area contributed by atoms with Gasteiger partial charge in [-0.2, -0.15) is 0 Å². The summed E-state index contributed by atoms with van der Waals surface area (Å²) in [4.78, 5) is 0. The van der Waals surface area contributed by atoms with Gasteiger partial charge in [-0.15, -0.1) is 0 Å². The maximum absolute atomic E-state index is 7.26. The van der Waals surface area contributed by atoms with Crippen LogP contribution in [0, 0.1) is 5.41 Å². The summed E-state index contributed by atoms with van der Waals surface area (Å²) in [6, 6.07) is 10.2. The van der Waals surface area contributed by atoms with E-state index in [0.717, 1.165) is 18.6 Å². The van der Waals surface area contributed by atoms with E-state index in [2.05, 4.69) is 12.1 Å². The average Bonchev–Trinajstić information content (AvgIpc) is 2.12. The van der Waals surface area contributed by atoms with Gasteiger partial charge in [-0.25, -0.2) is 0 Å². The zero-order valence-electron chi connectivity index (χ0n) is 7.49. The third kappa shape index (κ3) is 2.16. The molecule has 0 unspecified atom stereocenters. The highest BCUT2D eigenvalue weighted by atomic mass is 16.5. The Kier molecular flexibility index (Phi) is 2.41. The second-order valence-electron chi connectivity index (χ2n) is 3.43. The van der Waals surface area contributed by atoms with Gasteiger partial charge >= 0.3 is 0 Å². The Labute approximate surface area is 78.0 Å². The zero-order valence-corrected chi connectivity index (χ0v) is 7.49. The molecule has 2 rings (SSSR count). The molecule has 0 aromatic heterocycles. The van der Waals surface area contributed by atoms with E-state index in [1.807, 2.05) is 18.2 Å². The van der Waals surface area contributed by atoms with Gasteiger partial charge in [-0.3, -0.25) is 0 Å². The van der Waals surface area contributed by atoms with Gasteiger partial charge in [0.1, 0.15) is 0 Å². The van der Waals surface area contributed by atoms with Gasteiger partial charge in [-0.1, -0.05) is 30.3 Å². The van der Waals surface area contributed by atoms with Crippen molar-refractivity contribution >= 4 is 5.71 Å². The molecule has 1 aromatic rings. The van der Waals surface area contributed by atoms with E-state index in [9.17, 15) is 0 Å². The number of hydrogen-bond donors (Lipinski definition) is 1. The van der Waals surface area contributed by atoms with E-state index in [1.54, 1.807) is 0 Å². The quantitative estimate of drug-likeness (QED) is 0.751. The minimum Gasteiger partial charge on any atom is -0.373 e. The van der Waals surface area contributed by atoms with Crippen LogP contribution in [-0.4, -0.2) is 11.8 Å². The Hall–Kier alpha value is -1.15. The molecular formula is C11H13NO. The lowest BCUT2D eigenvalue weighted by atomic mass is 9.93. The van der Waals surface area contributed by atoms with Crippen molar-refractivity contribution in [2.75, 3.05) is 0 Å². The summed E-state index contributed by atoms with van der Waals surface area (Å²) in [5.41, 5.74) is 2.03. The molecule has 1 N–H and O–H groups in total. The van der Waals surface area contributed by atoms with Crippen molar-refractivity contribution in [2.24, 2.45) is 0 Å². The third-order valence-corrected chi connectivity index (χ3v) is 2.28. The predicted octanol–water partition coefficient (Wildman–Crippen LogP) is 2.39. The van der Waals surface area contributed by atoms with Crippen molar-refractivity contribution in [2.45, 2.75) is 25.6 Å². The van der Waals surface area contributed by atoms with Crippen LogP contribution < -0.4 is 0 Å². The maximum atomic E-state index is 7.26. The second-order valence-corrected chi connectivity index (χ2v) is 3.43. The predicted molar refractivity (Wildman–Crippen MR) is 52.0 cm³/mol. The fraction of sp³-hybridized carbons (Fsp3) is 0.364. The topological polar surface area (TPSA) is 33.1 Å². The maximum Gasteiger partial charge on any atom is 0.0720 e. The van der Waals surface area contributed by atoms with Crippen molar-refractivity contribution in [3.8, 4) is 0 Å². The van der Waals surface area contributed by atoms with Crippen LogP contribution in [0.25, 0.3) is 0 Å². The summed E-state index contributed by atoms with van der Waals surface area (Å²) in [5, 5.41) is 7.26. The van der Waals surface area contributed by atoms with Crippen LogP contribution in [0.3, 0.4) is 0 Å². The summed E-state index contributed by atoms with van der Waals surface area (Å²) in [6.45, 7) is 0.679. The first-order chi connectivity index (χ1) is 6.34. The first kappa shape index (κ1) is 8.45. The molecule has 68 valence electrons. The summed E-state index contributed by atoms with van der Waals surface area (Å²) in [6.07, 6.45) is 1.95. The Bertz CT molecular complexity index is 286. The lowest BCUT2D eigenvalue weighted by Gasteiger charge is -2.26. The van der Waals surface area contributed by atoms with Crippen LogP contribution in [-0.2, 0) is 11.3 Å². The van der Waals surface area contributed by atoms with E-state index in [-0.39, 0.29) is 0 Å². The van der Waals surface area contributed by atoms with Gasteiger partial charge in [0.2, 0.25) is 0 Å². The molecule has 0 radical (unpaired) electrons. The van der Waals surface area contributed by atoms with Gasteiger partial charge in [0.15, 0.2) is 0 Å². The van der Waals surface area contributed by atoms with E-state index in [1.165, 1.54) is 5.56 Å². The summed E-state index contributed by atoms with van der Waals surface area (Å²) < 4.78 is 5.59. The number of hydrogen-bond acceptors (Lipinski definition) is 2. The van der Waals surface area contributed by atoms with Crippen molar-refractivity contribution < 1.29 is 4.74 Å². The van der Waals surface area contributed by atoms with Gasteiger partial charge < -0.3 is 10.1 Å². The standard InChI is InChI=1S/C11H13NO/c12-10-6-11(7-10)13-8-9-4-2-1-3-5-9/h1-5,11-12H,6-8H2. The summed E-state index contributed by atoms with van der Waals surface area (Å²) in [7, 11) is 0. The van der Waals surface area contributed by atoms with E-state index >= 15 is 0 Å². The van der Waals surface area contributed by atoms with Crippen molar-refractivity contribution in [3.05, 3.63) is 35.9 Å². The Balaban J connectivity index is 1.77. The van der Waals surface area contributed by atoms with Gasteiger partial charge in [0.05, 0.1) is 12.7 Å². The molecule has 2 nitrogen and oxygen atoms in total. The first-order valence-electron chi connectivity index (χ1n) is 4.56. The lowest BCUT2D eigenvalue weighted by molar-refractivity contribution is 0.0339. The number of rotatable bonds is 3. The van der Waals surface area contributed by atoms with Crippen LogP contribution in [0.2, 0.25) is 0 Å². The fourth-order valence-electron chi connectivity index (χ4n) is 1.40. The molecule has 1 saturated carbocycles. The molecule has 0 spiro atoms. The molecule has 0 heterocycles. The fourth-order valence-corrected chi connectivity index (χ4v) is 1.40. The molecule has 0 saturated heterocycles. The van der Waals surface area contributed by atoms with Crippen LogP contribution in [0.4, 0.5) is 0 Å². The van der Waals surface area contributed by atoms with Crippen molar-refractivity contribution in [1.29, 1.82) is 5.41 Å². The van der Waals surface area contributed by atoms with Gasteiger partial charge in [-0.05, 0) is 5.56 Å². The minimum atomic E-state index is 0.299. The number of nitrogens with one attached hydrogen (secondary N) is 1. The van der Waals surface area contributed by atoms with Crippen LogP contribution >= 0.6 is 0 Å². The molecule has 0 aliphatic heterocycles. The molecule has 0 bridgehead atoms. The second kappa shape index (κ2) is 3.71. The highest BCUT2D eigenvalue weighted by Crippen LogP contribution is 2.19. The molecular weight excluding hydrogens is 162 g/mol. The van der Waals surface area contributed by atoms with Crippen LogP contribution in [0.15, 0.2) is 30.3 Å². The molecule has 1 aliphatic rings. The molecule has 1 aromatic carbocycles. The van der Waals surface area contributed by atoms with E-state index in [0.29, 0.717) is 12.7 Å². The molecule has 1 aliphatic carbocycles. The normalized spacial score (nSPS) is 21.2. The van der Waals surface area contributed by atoms with Crippen molar-refractivity contribution in [1.82, 2.24) is 0 Å². The summed E-state index contributed by atoms with van der Waals surface area (Å²) >= 11 is 0. The highest BCUT2D eigenvalue weighted by molar-refractivity contribution is 5.87. The van der Waals surface area contributed by atoms with Crippen LogP contribution in [0.1, 0.15) is 18.4 Å². The molecule has 0 amide bonds. The first-order valence-corrected chi connectivity index (χ1v) is 4.56. The SMILES string of the molecule is N=C1CC(OCc2ccccc2)C1. The highest BCUT2D eigenvalue weighted by Gasteiger charge is 2.23. The smallest absolute Gasteiger partial charge is 0.0720 e. The van der Waals surface area contributed by atoms with Gasteiger partial charge in [0, 0.05) is 18.6 Å². The number of ether oxygens (including phenoxy) is 1. The van der Waals surface area contributed by atoms with E-state index < -0.39 is 0 Å². The largest absolute Gasteiger partial charge is 0.373 e. The zero-order chi connectivity index (χ0) is 9.10. The van der Waals surface area contributed by atoms with Crippen LogP contribution in [0.5, 0.6) is 0 Å².